The predicted octanol–water partition coefficient (Wildman–Crippen LogP) is 1.95. The first-order valence-corrected chi connectivity index (χ1v) is 11.1. The quantitative estimate of drug-likeness (QED) is 0.625. The van der Waals surface area contributed by atoms with Crippen LogP contribution in [0.4, 0.5) is 0 Å². The number of nitrogens with zero attached hydrogens (tertiary/aromatic N) is 2. The number of nitrogens with two attached hydrogens (primary N) is 1. The minimum Gasteiger partial charge on any atom is -0.496 e. The number of fused-ring (bicyclic) bond motifs is 1. The molecule has 156 valence electrons. The van der Waals surface area contributed by atoms with Crippen LogP contribution in [0.2, 0.25) is 0 Å². The first kappa shape index (κ1) is 20.1. The van der Waals surface area contributed by atoms with Crippen LogP contribution in [0.1, 0.15) is 33.7 Å². The Balaban J connectivity index is 1.60. The van der Waals surface area contributed by atoms with Crippen LogP contribution >= 0.6 is 0 Å². The van der Waals surface area contributed by atoms with E-state index in [0.29, 0.717) is 0 Å². The Morgan fingerprint density at radius 3 is 2.67 bits per heavy atom. The molecule has 0 saturated carbocycles. The summed E-state index contributed by atoms with van der Waals surface area (Å²) in [6.45, 7) is 0.226. The highest BCUT2D eigenvalue weighted by Crippen LogP contribution is 2.28. The zero-order valence-electron chi connectivity index (χ0n) is 16.5. The van der Waals surface area contributed by atoms with E-state index in [1.165, 1.54) is 31.0 Å². The van der Waals surface area contributed by atoms with Gasteiger partial charge in [0.05, 0.1) is 35.5 Å². The summed E-state index contributed by atoms with van der Waals surface area (Å²) >= 11 is 0. The van der Waals surface area contributed by atoms with Gasteiger partial charge in [0, 0.05) is 5.69 Å². The number of primary sulfonamides is 1. The number of aromatic nitrogens is 2. The average molecular weight is 426 g/mol. The molecule has 4 rings (SSSR count). The van der Waals surface area contributed by atoms with E-state index in [0.717, 1.165) is 36.2 Å². The lowest BCUT2D eigenvalue weighted by Gasteiger charge is -2.10. The van der Waals surface area contributed by atoms with Crippen molar-refractivity contribution in [1.82, 2.24) is 15.1 Å². The standard InChI is InChI=1S/C21H22N4O4S/c1-29-20-11-10-15(30(22,27)28)12-17(20)21(26)23-13-18-16-8-5-9-19(16)25(24-18)14-6-3-2-4-7-14/h2-4,6-7,10-12H,5,8-9,13H2,1H3,(H,23,26)(H2,22,27,28). The zero-order valence-corrected chi connectivity index (χ0v) is 17.3. The first-order chi connectivity index (χ1) is 14.4. The molecule has 2 aromatic carbocycles. The van der Waals surface area contributed by atoms with Gasteiger partial charge >= 0.3 is 0 Å². The second-order valence-corrected chi connectivity index (χ2v) is 8.62. The van der Waals surface area contributed by atoms with Crippen molar-refractivity contribution >= 4 is 15.9 Å². The predicted molar refractivity (Wildman–Crippen MR) is 111 cm³/mol. The van der Waals surface area contributed by atoms with E-state index in [1.807, 2.05) is 35.0 Å². The molecule has 1 aliphatic rings. The summed E-state index contributed by atoms with van der Waals surface area (Å²) in [6.07, 6.45) is 2.90. The molecule has 0 radical (unpaired) electrons. The maximum atomic E-state index is 12.8. The highest BCUT2D eigenvalue weighted by Gasteiger charge is 2.24. The largest absolute Gasteiger partial charge is 0.496 e. The fraction of sp³-hybridized carbons (Fsp3) is 0.238. The van der Waals surface area contributed by atoms with Crippen molar-refractivity contribution in [2.75, 3.05) is 7.11 Å². The van der Waals surface area contributed by atoms with Crippen LogP contribution in [0.15, 0.2) is 53.4 Å². The lowest BCUT2D eigenvalue weighted by atomic mass is 10.1. The number of rotatable bonds is 6. The number of carbonyl (C=O) groups excluding carboxylic acids is 1. The number of benzene rings is 2. The highest BCUT2D eigenvalue weighted by molar-refractivity contribution is 7.89. The van der Waals surface area contributed by atoms with Gasteiger partial charge in [0.15, 0.2) is 0 Å². The Hall–Kier alpha value is -3.17. The number of nitrogens with one attached hydrogen (secondary N) is 1. The molecule has 0 spiro atoms. The topological polar surface area (TPSA) is 116 Å². The Bertz CT molecular complexity index is 1200. The van der Waals surface area contributed by atoms with Gasteiger partial charge in [0.2, 0.25) is 10.0 Å². The SMILES string of the molecule is COc1ccc(S(N)(=O)=O)cc1C(=O)NCc1nn(-c2ccccc2)c2c1CCC2. The number of hydrogen-bond donors (Lipinski definition) is 2. The summed E-state index contributed by atoms with van der Waals surface area (Å²) in [7, 11) is -2.52. The molecule has 1 heterocycles. The molecule has 0 unspecified atom stereocenters. The summed E-state index contributed by atoms with van der Waals surface area (Å²) in [6, 6.07) is 13.8. The molecule has 3 aromatic rings. The van der Waals surface area contributed by atoms with Gasteiger partial charge in [-0.05, 0) is 55.2 Å². The summed E-state index contributed by atoms with van der Waals surface area (Å²) < 4.78 is 30.4. The number of hydrogen-bond acceptors (Lipinski definition) is 5. The van der Waals surface area contributed by atoms with Gasteiger partial charge in [-0.25, -0.2) is 18.2 Å². The van der Waals surface area contributed by atoms with Crippen LogP contribution in [-0.4, -0.2) is 31.2 Å². The van der Waals surface area contributed by atoms with E-state index in [9.17, 15) is 13.2 Å². The van der Waals surface area contributed by atoms with Gasteiger partial charge in [0.1, 0.15) is 5.75 Å². The fourth-order valence-electron chi connectivity index (χ4n) is 3.74. The molecule has 0 aliphatic heterocycles. The molecule has 1 aliphatic carbocycles. The minimum atomic E-state index is -3.94. The average Bonchev–Trinajstić information content (AvgIpc) is 3.34. The van der Waals surface area contributed by atoms with E-state index in [2.05, 4.69) is 5.32 Å². The van der Waals surface area contributed by atoms with E-state index >= 15 is 0 Å². The smallest absolute Gasteiger partial charge is 0.255 e. The Morgan fingerprint density at radius 2 is 1.97 bits per heavy atom. The highest BCUT2D eigenvalue weighted by atomic mass is 32.2. The molecular formula is C21H22N4O4S. The van der Waals surface area contributed by atoms with Crippen molar-refractivity contribution in [3.63, 3.8) is 0 Å². The summed E-state index contributed by atoms with van der Waals surface area (Å²) in [4.78, 5) is 12.6. The van der Waals surface area contributed by atoms with Crippen LogP contribution < -0.4 is 15.2 Å². The third-order valence-corrected chi connectivity index (χ3v) is 6.09. The van der Waals surface area contributed by atoms with E-state index in [1.54, 1.807) is 0 Å². The molecular weight excluding hydrogens is 404 g/mol. The first-order valence-electron chi connectivity index (χ1n) is 9.52. The molecule has 9 heteroatoms. The van der Waals surface area contributed by atoms with Gasteiger partial charge in [-0.2, -0.15) is 5.10 Å². The molecule has 0 bridgehead atoms. The number of carbonyl (C=O) groups is 1. The minimum absolute atomic E-state index is 0.100. The van der Waals surface area contributed by atoms with E-state index in [4.69, 9.17) is 15.0 Å². The number of amides is 1. The van der Waals surface area contributed by atoms with Crippen molar-refractivity contribution in [3.8, 4) is 11.4 Å². The maximum absolute atomic E-state index is 12.8. The van der Waals surface area contributed by atoms with Crippen molar-refractivity contribution in [3.05, 3.63) is 71.0 Å². The number of methoxy groups -OCH3 is 1. The van der Waals surface area contributed by atoms with Crippen LogP contribution in [-0.2, 0) is 29.4 Å². The number of ether oxygens (including phenoxy) is 1. The lowest BCUT2D eigenvalue weighted by Crippen LogP contribution is -2.25. The third-order valence-electron chi connectivity index (χ3n) is 5.17. The number of para-hydroxylation sites is 1. The van der Waals surface area contributed by atoms with Crippen LogP contribution in [0, 0.1) is 0 Å². The second-order valence-electron chi connectivity index (χ2n) is 7.06. The lowest BCUT2D eigenvalue weighted by molar-refractivity contribution is 0.0947. The molecule has 0 fully saturated rings. The van der Waals surface area contributed by atoms with Gasteiger partial charge in [0.25, 0.3) is 5.91 Å². The van der Waals surface area contributed by atoms with Crippen molar-refractivity contribution in [2.24, 2.45) is 5.14 Å². The normalized spacial score (nSPS) is 13.1. The van der Waals surface area contributed by atoms with Gasteiger partial charge in [-0.1, -0.05) is 18.2 Å². The molecule has 30 heavy (non-hydrogen) atoms. The van der Waals surface area contributed by atoms with Crippen LogP contribution in [0.3, 0.4) is 0 Å². The monoisotopic (exact) mass is 426 g/mol. The summed E-state index contributed by atoms with van der Waals surface area (Å²) in [5.41, 5.74) is 4.21. The summed E-state index contributed by atoms with van der Waals surface area (Å²) in [5.74, 6) is -0.196. The Labute approximate surface area is 174 Å². The molecule has 3 N–H and O–H groups in total. The van der Waals surface area contributed by atoms with Crippen molar-refractivity contribution in [2.45, 2.75) is 30.7 Å². The van der Waals surface area contributed by atoms with Crippen molar-refractivity contribution < 1.29 is 17.9 Å². The maximum Gasteiger partial charge on any atom is 0.255 e. The van der Waals surface area contributed by atoms with E-state index in [-0.39, 0.29) is 22.8 Å². The summed E-state index contributed by atoms with van der Waals surface area (Å²) in [5, 5.41) is 12.7. The number of sulfonamides is 1. The third kappa shape index (κ3) is 3.81. The van der Waals surface area contributed by atoms with Gasteiger partial charge in [-0.3, -0.25) is 4.79 Å². The van der Waals surface area contributed by atoms with E-state index < -0.39 is 15.9 Å². The molecule has 1 amide bonds. The van der Waals surface area contributed by atoms with Gasteiger partial charge < -0.3 is 10.1 Å². The van der Waals surface area contributed by atoms with Gasteiger partial charge in [-0.15, -0.1) is 0 Å². The Kier molecular flexibility index (Phi) is 5.31. The molecule has 0 saturated heterocycles. The van der Waals surface area contributed by atoms with Crippen LogP contribution in [0.5, 0.6) is 5.75 Å². The zero-order chi connectivity index (χ0) is 21.3. The van der Waals surface area contributed by atoms with Crippen LogP contribution in [0.25, 0.3) is 5.69 Å². The molecule has 8 nitrogen and oxygen atoms in total. The fourth-order valence-corrected chi connectivity index (χ4v) is 4.28. The molecule has 0 atom stereocenters. The van der Waals surface area contributed by atoms with Crippen molar-refractivity contribution in [1.29, 1.82) is 0 Å². The second kappa shape index (κ2) is 7.92. The molecule has 1 aromatic heterocycles. The Morgan fingerprint density at radius 1 is 1.20 bits per heavy atom.